The molecule has 2 atom stereocenters. The van der Waals surface area contributed by atoms with Gasteiger partial charge in [-0.25, -0.2) is 9.78 Å². The third-order valence-corrected chi connectivity index (χ3v) is 5.74. The molecule has 0 aliphatic rings. The summed E-state index contributed by atoms with van der Waals surface area (Å²) in [5.74, 6) is -0.377. The molecule has 2 amide bonds. The molecule has 0 saturated carbocycles. The van der Waals surface area contributed by atoms with Gasteiger partial charge in [-0.05, 0) is 17.0 Å². The van der Waals surface area contributed by atoms with Crippen LogP contribution in [-0.2, 0) is 16.1 Å². The molecule has 3 aromatic rings. The summed E-state index contributed by atoms with van der Waals surface area (Å²) in [5, 5.41) is 6.02. The van der Waals surface area contributed by atoms with Crippen LogP contribution in [0.15, 0.2) is 66.9 Å². The van der Waals surface area contributed by atoms with E-state index in [2.05, 4.69) is 15.6 Å². The van der Waals surface area contributed by atoms with Crippen molar-refractivity contribution in [2.24, 2.45) is 5.92 Å². The highest BCUT2D eigenvalue weighted by atomic mass is 32.1. The smallest absolute Gasteiger partial charge is 0.408 e. The molecular formula is C23H25N3O3S. The Hall–Kier alpha value is -3.19. The lowest BCUT2D eigenvalue weighted by Crippen LogP contribution is -2.47. The van der Waals surface area contributed by atoms with Gasteiger partial charge in [-0.15, -0.1) is 0 Å². The van der Waals surface area contributed by atoms with Crippen molar-refractivity contribution in [2.45, 2.75) is 32.9 Å². The third kappa shape index (κ3) is 5.90. The molecule has 7 heteroatoms. The van der Waals surface area contributed by atoms with Crippen molar-refractivity contribution >= 4 is 28.5 Å². The van der Waals surface area contributed by atoms with E-state index in [4.69, 9.17) is 4.74 Å². The van der Waals surface area contributed by atoms with Crippen molar-refractivity contribution in [3.63, 3.8) is 0 Å². The van der Waals surface area contributed by atoms with E-state index in [1.165, 1.54) is 11.3 Å². The maximum atomic E-state index is 12.9. The topological polar surface area (TPSA) is 80.3 Å². The number of ether oxygens (including phenoxy) is 1. The molecule has 0 spiro atoms. The molecule has 0 aliphatic heterocycles. The van der Waals surface area contributed by atoms with E-state index in [0.717, 1.165) is 22.4 Å². The van der Waals surface area contributed by atoms with Crippen molar-refractivity contribution in [3.8, 4) is 10.4 Å². The molecule has 0 fully saturated rings. The lowest BCUT2D eigenvalue weighted by Gasteiger charge is -2.22. The highest BCUT2D eigenvalue weighted by Gasteiger charge is 2.27. The van der Waals surface area contributed by atoms with Crippen LogP contribution < -0.4 is 10.6 Å². The predicted octanol–water partition coefficient (Wildman–Crippen LogP) is 5.09. The zero-order valence-corrected chi connectivity index (χ0v) is 17.8. The fourth-order valence-electron chi connectivity index (χ4n) is 2.84. The normalized spacial score (nSPS) is 12.6. The van der Waals surface area contributed by atoms with Crippen molar-refractivity contribution in [1.29, 1.82) is 0 Å². The molecule has 6 nitrogen and oxygen atoms in total. The second-order valence-electron chi connectivity index (χ2n) is 6.95. The van der Waals surface area contributed by atoms with Crippen molar-refractivity contribution in [2.75, 3.05) is 5.32 Å². The number of nitrogens with zero attached hydrogens (tertiary/aromatic N) is 1. The third-order valence-electron chi connectivity index (χ3n) is 4.78. The summed E-state index contributed by atoms with van der Waals surface area (Å²) in [5.41, 5.74) is 1.92. The Balaban J connectivity index is 1.61. The van der Waals surface area contributed by atoms with Crippen molar-refractivity contribution in [1.82, 2.24) is 10.3 Å². The van der Waals surface area contributed by atoms with Crippen LogP contribution in [0.4, 0.5) is 9.93 Å². The van der Waals surface area contributed by atoms with Crippen LogP contribution in [-0.4, -0.2) is 23.0 Å². The fourth-order valence-corrected chi connectivity index (χ4v) is 3.67. The van der Waals surface area contributed by atoms with Crippen LogP contribution in [0.3, 0.4) is 0 Å². The zero-order valence-electron chi connectivity index (χ0n) is 17.0. The van der Waals surface area contributed by atoms with E-state index in [-0.39, 0.29) is 18.4 Å². The van der Waals surface area contributed by atoms with Gasteiger partial charge < -0.3 is 15.4 Å². The number of alkyl carbamates (subject to hydrolysis) is 1. The Morgan fingerprint density at radius 2 is 1.73 bits per heavy atom. The van der Waals surface area contributed by atoms with E-state index in [1.807, 2.05) is 74.5 Å². The minimum absolute atomic E-state index is 0.0668. The van der Waals surface area contributed by atoms with Gasteiger partial charge in [0.2, 0.25) is 5.91 Å². The molecule has 2 aromatic carbocycles. The summed E-state index contributed by atoms with van der Waals surface area (Å²) in [6, 6.07) is 18.5. The largest absolute Gasteiger partial charge is 0.445 e. The van der Waals surface area contributed by atoms with Gasteiger partial charge in [0.05, 0.1) is 4.88 Å². The lowest BCUT2D eigenvalue weighted by molar-refractivity contribution is -0.119. The molecule has 0 unspecified atom stereocenters. The minimum Gasteiger partial charge on any atom is -0.445 e. The van der Waals surface area contributed by atoms with Crippen LogP contribution in [0.2, 0.25) is 0 Å². The maximum Gasteiger partial charge on any atom is 0.408 e. The monoisotopic (exact) mass is 423 g/mol. The van der Waals surface area contributed by atoms with Crippen LogP contribution in [0.5, 0.6) is 0 Å². The second-order valence-corrected chi connectivity index (χ2v) is 7.98. The van der Waals surface area contributed by atoms with Gasteiger partial charge in [-0.2, -0.15) is 0 Å². The molecule has 0 radical (unpaired) electrons. The Morgan fingerprint density at radius 3 is 2.40 bits per heavy atom. The van der Waals surface area contributed by atoms with E-state index in [1.54, 1.807) is 6.20 Å². The molecule has 0 saturated heterocycles. The number of thiazole rings is 1. The number of aromatic nitrogens is 1. The summed E-state index contributed by atoms with van der Waals surface area (Å²) in [6.07, 6.45) is 1.84. The van der Waals surface area contributed by atoms with E-state index < -0.39 is 12.1 Å². The number of nitrogens with one attached hydrogen (secondary N) is 2. The van der Waals surface area contributed by atoms with E-state index >= 15 is 0 Å². The van der Waals surface area contributed by atoms with Crippen molar-refractivity contribution in [3.05, 3.63) is 72.4 Å². The molecule has 0 aliphatic carbocycles. The number of carbonyl (C=O) groups is 2. The number of amides is 2. The molecule has 1 aromatic heterocycles. The van der Waals surface area contributed by atoms with Gasteiger partial charge in [-0.1, -0.05) is 92.3 Å². The molecule has 3 rings (SSSR count). The SMILES string of the molecule is CC[C@@H](C)[C@H](NC(=O)OCc1ccccc1)C(=O)Nc1ncc(-c2ccccc2)s1. The first-order chi connectivity index (χ1) is 14.6. The number of anilines is 1. The average molecular weight is 424 g/mol. The van der Waals surface area contributed by atoms with Crippen LogP contribution in [0.25, 0.3) is 10.4 Å². The highest BCUT2D eigenvalue weighted by molar-refractivity contribution is 7.19. The van der Waals surface area contributed by atoms with Crippen LogP contribution in [0, 0.1) is 5.92 Å². The maximum absolute atomic E-state index is 12.9. The standard InChI is InChI=1S/C23H25N3O3S/c1-3-16(2)20(25-23(28)29-15-17-10-6-4-7-11-17)21(27)26-22-24-14-19(30-22)18-12-8-5-9-13-18/h4-14,16,20H,3,15H2,1-2H3,(H,25,28)(H,24,26,27)/t16-,20+/m1/s1. The summed E-state index contributed by atoms with van der Waals surface area (Å²) >= 11 is 1.39. The number of hydrogen-bond acceptors (Lipinski definition) is 5. The summed E-state index contributed by atoms with van der Waals surface area (Å²) in [4.78, 5) is 30.4. The quantitative estimate of drug-likeness (QED) is 0.529. The first-order valence-corrected chi connectivity index (χ1v) is 10.7. The first kappa shape index (κ1) is 21.5. The highest BCUT2D eigenvalue weighted by Crippen LogP contribution is 2.28. The average Bonchev–Trinajstić information content (AvgIpc) is 3.25. The summed E-state index contributed by atoms with van der Waals surface area (Å²) in [6.45, 7) is 4.03. The van der Waals surface area contributed by atoms with E-state index in [9.17, 15) is 9.59 Å². The number of rotatable bonds is 8. The second kappa shape index (κ2) is 10.5. The zero-order chi connectivity index (χ0) is 21.3. The van der Waals surface area contributed by atoms with Gasteiger partial charge in [0.1, 0.15) is 12.6 Å². The van der Waals surface area contributed by atoms with Gasteiger partial charge in [0.15, 0.2) is 5.13 Å². The molecule has 1 heterocycles. The number of benzene rings is 2. The first-order valence-electron chi connectivity index (χ1n) is 9.86. The van der Waals surface area contributed by atoms with Gasteiger partial charge >= 0.3 is 6.09 Å². The molecule has 156 valence electrons. The number of hydrogen-bond donors (Lipinski definition) is 2. The Bertz CT molecular complexity index is 960. The van der Waals surface area contributed by atoms with Crippen molar-refractivity contribution < 1.29 is 14.3 Å². The Kier molecular flexibility index (Phi) is 7.57. The molecule has 30 heavy (non-hydrogen) atoms. The van der Waals surface area contributed by atoms with Crippen LogP contribution >= 0.6 is 11.3 Å². The number of carbonyl (C=O) groups excluding carboxylic acids is 2. The van der Waals surface area contributed by atoms with Gasteiger partial charge in [0.25, 0.3) is 0 Å². The lowest BCUT2D eigenvalue weighted by atomic mass is 9.98. The Labute approximate surface area is 180 Å². The summed E-state index contributed by atoms with van der Waals surface area (Å²) in [7, 11) is 0. The van der Waals surface area contributed by atoms with E-state index in [0.29, 0.717) is 5.13 Å². The Morgan fingerprint density at radius 1 is 1.07 bits per heavy atom. The van der Waals surface area contributed by atoms with Crippen LogP contribution in [0.1, 0.15) is 25.8 Å². The molecule has 0 bridgehead atoms. The predicted molar refractivity (Wildman–Crippen MR) is 119 cm³/mol. The minimum atomic E-state index is -0.720. The van der Waals surface area contributed by atoms with Gasteiger partial charge in [0, 0.05) is 6.20 Å². The van der Waals surface area contributed by atoms with Gasteiger partial charge in [-0.3, -0.25) is 4.79 Å². The fraction of sp³-hybridized carbons (Fsp3) is 0.261. The molecular weight excluding hydrogens is 398 g/mol. The molecule has 2 N–H and O–H groups in total. The summed E-state index contributed by atoms with van der Waals surface area (Å²) < 4.78 is 5.27.